The minimum Gasteiger partial charge on any atom is -0.490 e. The Hall–Kier alpha value is -3.10. The van der Waals surface area contributed by atoms with Crippen LogP contribution in [0.25, 0.3) is 0 Å². The average molecular weight is 376 g/mol. The Labute approximate surface area is 157 Å². The van der Waals surface area contributed by atoms with Crippen LogP contribution >= 0.6 is 0 Å². The van der Waals surface area contributed by atoms with Crippen LogP contribution in [0.5, 0.6) is 11.5 Å². The minimum atomic E-state index is -0.618. The molecule has 0 spiro atoms. The highest BCUT2D eigenvalue weighted by Gasteiger charge is 2.21. The van der Waals surface area contributed by atoms with Gasteiger partial charge in [-0.1, -0.05) is 13.0 Å². The van der Waals surface area contributed by atoms with Gasteiger partial charge in [-0.15, -0.1) is 0 Å². The van der Waals surface area contributed by atoms with Crippen molar-refractivity contribution in [2.24, 2.45) is 0 Å². The van der Waals surface area contributed by atoms with Crippen molar-refractivity contribution in [3.8, 4) is 11.5 Å². The molecule has 27 heavy (non-hydrogen) atoms. The fourth-order valence-corrected chi connectivity index (χ4v) is 2.60. The van der Waals surface area contributed by atoms with Gasteiger partial charge >= 0.3 is 5.69 Å². The Morgan fingerprint density at radius 1 is 1.26 bits per heavy atom. The summed E-state index contributed by atoms with van der Waals surface area (Å²) in [5.41, 5.74) is 0.714. The first-order chi connectivity index (χ1) is 13.0. The molecule has 0 radical (unpaired) electrons. The molecule has 0 aliphatic rings. The maximum Gasteiger partial charge on any atom is 0.307 e. The summed E-state index contributed by atoms with van der Waals surface area (Å²) >= 11 is 0. The Kier molecular flexibility index (Phi) is 7.16. The van der Waals surface area contributed by atoms with Gasteiger partial charge in [0.1, 0.15) is 18.4 Å². The zero-order chi connectivity index (χ0) is 19.8. The molecular formula is C18H24N4O5. The van der Waals surface area contributed by atoms with E-state index in [1.165, 1.54) is 10.9 Å². The second-order valence-corrected chi connectivity index (χ2v) is 5.72. The van der Waals surface area contributed by atoms with E-state index < -0.39 is 11.0 Å². The lowest BCUT2D eigenvalue weighted by atomic mass is 10.1. The molecule has 1 heterocycles. The summed E-state index contributed by atoms with van der Waals surface area (Å²) in [5, 5.41) is 17.6. The SMILES string of the molecule is CCOc1ccc(CNC(=O)C(CC)n2cc([N+](=O)[O-])cn2)cc1OCC. The lowest BCUT2D eigenvalue weighted by Gasteiger charge is -2.16. The zero-order valence-electron chi connectivity index (χ0n) is 15.7. The summed E-state index contributed by atoms with van der Waals surface area (Å²) < 4.78 is 12.4. The van der Waals surface area contributed by atoms with Gasteiger partial charge in [0.2, 0.25) is 5.91 Å². The van der Waals surface area contributed by atoms with Crippen LogP contribution in [0.2, 0.25) is 0 Å². The summed E-state index contributed by atoms with van der Waals surface area (Å²) in [5.74, 6) is 1.02. The standard InChI is InChI=1S/C18H24N4O5/c1-4-15(21-12-14(11-20-21)22(24)25)18(23)19-10-13-7-8-16(26-5-2)17(9-13)27-6-3/h7-9,11-12,15H,4-6,10H2,1-3H3,(H,19,23). The van der Waals surface area contributed by atoms with Crippen molar-refractivity contribution >= 4 is 11.6 Å². The van der Waals surface area contributed by atoms with E-state index in [0.717, 1.165) is 11.8 Å². The number of rotatable bonds is 10. The van der Waals surface area contributed by atoms with Gasteiger partial charge in [0.25, 0.3) is 0 Å². The van der Waals surface area contributed by atoms with Gasteiger partial charge in [-0.3, -0.25) is 19.6 Å². The molecule has 9 nitrogen and oxygen atoms in total. The number of carbonyl (C=O) groups is 1. The number of nitrogens with one attached hydrogen (secondary N) is 1. The summed E-state index contributed by atoms with van der Waals surface area (Å²) in [4.78, 5) is 22.8. The van der Waals surface area contributed by atoms with Crippen molar-refractivity contribution in [3.63, 3.8) is 0 Å². The number of nitrogens with zero attached hydrogens (tertiary/aromatic N) is 3. The molecule has 1 N–H and O–H groups in total. The Bertz CT molecular complexity index is 790. The Morgan fingerprint density at radius 3 is 2.56 bits per heavy atom. The molecule has 1 aromatic carbocycles. The summed E-state index contributed by atoms with van der Waals surface area (Å²) in [6.07, 6.45) is 2.85. The third kappa shape index (κ3) is 5.19. The monoisotopic (exact) mass is 376 g/mol. The lowest BCUT2D eigenvalue weighted by Crippen LogP contribution is -2.32. The number of carbonyl (C=O) groups excluding carboxylic acids is 1. The van der Waals surface area contributed by atoms with Crippen molar-refractivity contribution in [3.05, 3.63) is 46.3 Å². The topological polar surface area (TPSA) is 109 Å². The van der Waals surface area contributed by atoms with Gasteiger partial charge < -0.3 is 14.8 Å². The van der Waals surface area contributed by atoms with Crippen molar-refractivity contribution in [1.29, 1.82) is 0 Å². The predicted molar refractivity (Wildman–Crippen MR) is 98.8 cm³/mol. The summed E-state index contributed by atoms with van der Waals surface area (Å²) in [6.45, 7) is 6.94. The van der Waals surface area contributed by atoms with E-state index in [1.807, 2.05) is 39.0 Å². The minimum absolute atomic E-state index is 0.144. The first-order valence-electron chi connectivity index (χ1n) is 8.84. The molecule has 1 amide bonds. The summed E-state index contributed by atoms with van der Waals surface area (Å²) in [6, 6.07) is 4.87. The lowest BCUT2D eigenvalue weighted by molar-refractivity contribution is -0.385. The predicted octanol–water partition coefficient (Wildman–Crippen LogP) is 2.86. The molecule has 2 rings (SSSR count). The van der Waals surface area contributed by atoms with E-state index >= 15 is 0 Å². The van der Waals surface area contributed by atoms with Gasteiger partial charge in [0, 0.05) is 6.54 Å². The van der Waals surface area contributed by atoms with E-state index in [1.54, 1.807) is 0 Å². The molecule has 0 bridgehead atoms. The van der Waals surface area contributed by atoms with Crippen LogP contribution in [0.4, 0.5) is 5.69 Å². The zero-order valence-corrected chi connectivity index (χ0v) is 15.7. The highest BCUT2D eigenvalue weighted by atomic mass is 16.6. The highest BCUT2D eigenvalue weighted by Crippen LogP contribution is 2.28. The molecular weight excluding hydrogens is 352 g/mol. The number of benzene rings is 1. The number of ether oxygens (including phenoxy) is 2. The van der Waals surface area contributed by atoms with Crippen molar-refractivity contribution < 1.29 is 19.2 Å². The van der Waals surface area contributed by atoms with Gasteiger partial charge in [-0.2, -0.15) is 5.10 Å². The van der Waals surface area contributed by atoms with Gasteiger partial charge in [0.05, 0.1) is 18.1 Å². The van der Waals surface area contributed by atoms with E-state index in [0.29, 0.717) is 37.7 Å². The molecule has 0 saturated heterocycles. The first-order valence-corrected chi connectivity index (χ1v) is 8.84. The van der Waals surface area contributed by atoms with Crippen molar-refractivity contribution in [2.75, 3.05) is 13.2 Å². The number of hydrogen-bond donors (Lipinski definition) is 1. The van der Waals surface area contributed by atoms with Crippen molar-refractivity contribution in [2.45, 2.75) is 39.8 Å². The molecule has 1 unspecified atom stereocenters. The van der Waals surface area contributed by atoms with Crippen LogP contribution in [0.3, 0.4) is 0 Å². The molecule has 2 aromatic rings. The Balaban J connectivity index is 2.06. The van der Waals surface area contributed by atoms with Gasteiger partial charge in [-0.05, 0) is 38.0 Å². The van der Waals surface area contributed by atoms with Crippen LogP contribution in [0, 0.1) is 10.1 Å². The Morgan fingerprint density at radius 2 is 1.96 bits per heavy atom. The maximum atomic E-state index is 12.5. The number of hydrogen-bond acceptors (Lipinski definition) is 6. The average Bonchev–Trinajstić information content (AvgIpc) is 3.13. The quantitative estimate of drug-likeness (QED) is 0.504. The highest BCUT2D eigenvalue weighted by molar-refractivity contribution is 5.80. The third-order valence-electron chi connectivity index (χ3n) is 3.88. The summed E-state index contributed by atoms with van der Waals surface area (Å²) in [7, 11) is 0. The molecule has 0 saturated carbocycles. The molecule has 1 aromatic heterocycles. The van der Waals surface area contributed by atoms with Crippen LogP contribution in [0.15, 0.2) is 30.6 Å². The molecule has 146 valence electrons. The van der Waals surface area contributed by atoms with E-state index in [4.69, 9.17) is 9.47 Å². The van der Waals surface area contributed by atoms with Crippen LogP contribution < -0.4 is 14.8 Å². The van der Waals surface area contributed by atoms with E-state index in [2.05, 4.69) is 10.4 Å². The van der Waals surface area contributed by atoms with Gasteiger partial charge in [0.15, 0.2) is 11.5 Å². The fraction of sp³-hybridized carbons (Fsp3) is 0.444. The molecule has 0 aliphatic heterocycles. The third-order valence-corrected chi connectivity index (χ3v) is 3.88. The number of aromatic nitrogens is 2. The van der Waals surface area contributed by atoms with E-state index in [-0.39, 0.29) is 11.6 Å². The molecule has 0 fully saturated rings. The normalized spacial score (nSPS) is 11.7. The molecule has 1 atom stereocenters. The molecule has 0 aliphatic carbocycles. The smallest absolute Gasteiger partial charge is 0.307 e. The van der Waals surface area contributed by atoms with Gasteiger partial charge in [-0.25, -0.2) is 0 Å². The van der Waals surface area contributed by atoms with Crippen molar-refractivity contribution in [1.82, 2.24) is 15.1 Å². The maximum absolute atomic E-state index is 12.5. The number of amides is 1. The second-order valence-electron chi connectivity index (χ2n) is 5.72. The first kappa shape index (κ1) is 20.2. The van der Waals surface area contributed by atoms with Crippen LogP contribution in [-0.2, 0) is 11.3 Å². The number of nitro groups is 1. The van der Waals surface area contributed by atoms with Crippen LogP contribution in [-0.4, -0.2) is 33.8 Å². The molecule has 9 heteroatoms. The fourth-order valence-electron chi connectivity index (χ4n) is 2.60. The second kappa shape index (κ2) is 9.56. The largest absolute Gasteiger partial charge is 0.490 e. The van der Waals surface area contributed by atoms with Crippen LogP contribution in [0.1, 0.15) is 38.8 Å². The van der Waals surface area contributed by atoms with E-state index in [9.17, 15) is 14.9 Å².